The summed E-state index contributed by atoms with van der Waals surface area (Å²) in [6, 6.07) is 51.9. The average Bonchev–Trinajstić information content (AvgIpc) is 3.75. The van der Waals surface area contributed by atoms with E-state index in [-0.39, 0.29) is 0 Å². The van der Waals surface area contributed by atoms with Gasteiger partial charge in [0.1, 0.15) is 0 Å². The molecule has 4 nitrogen and oxygen atoms in total. The molecule has 0 aliphatic rings. The molecule has 0 atom stereocenters. The number of aromatic nitrogens is 4. The Morgan fingerprint density at radius 2 is 1.25 bits per heavy atom. The smallest absolute Gasteiger partial charge is 0.235 e. The molecule has 10 aromatic rings. The van der Waals surface area contributed by atoms with Crippen LogP contribution >= 0.6 is 0 Å². The summed E-state index contributed by atoms with van der Waals surface area (Å²) in [6.07, 6.45) is 5.58. The highest BCUT2D eigenvalue weighted by Crippen LogP contribution is 2.40. The van der Waals surface area contributed by atoms with Gasteiger partial charge in [-0.1, -0.05) is 135 Å². The van der Waals surface area contributed by atoms with Gasteiger partial charge >= 0.3 is 0 Å². The first-order valence-corrected chi connectivity index (χ1v) is 17.5. The third-order valence-electron chi connectivity index (χ3n) is 10.2. The number of benzene rings is 7. The van der Waals surface area contributed by atoms with Gasteiger partial charge in [0, 0.05) is 38.0 Å². The van der Waals surface area contributed by atoms with Gasteiger partial charge in [0.05, 0.1) is 22.2 Å². The summed E-state index contributed by atoms with van der Waals surface area (Å²) in [5.74, 6) is 0.613. The average molecular weight is 665 g/mol. The van der Waals surface area contributed by atoms with Crippen molar-refractivity contribution in [3.63, 3.8) is 0 Å². The van der Waals surface area contributed by atoms with Crippen molar-refractivity contribution in [2.45, 2.75) is 0 Å². The molecule has 3 heterocycles. The highest BCUT2D eigenvalue weighted by Gasteiger charge is 2.18. The Bertz CT molecular complexity index is 3120. The number of fused-ring (bicyclic) bond motifs is 9. The minimum Gasteiger partial charge on any atom is -0.354 e. The highest BCUT2D eigenvalue weighted by molar-refractivity contribution is 6.23. The Morgan fingerprint density at radius 3 is 2.12 bits per heavy atom. The largest absolute Gasteiger partial charge is 0.354 e. The van der Waals surface area contributed by atoms with Crippen molar-refractivity contribution in [2.75, 3.05) is 0 Å². The van der Waals surface area contributed by atoms with Crippen LogP contribution in [0.25, 0.3) is 99.1 Å². The lowest BCUT2D eigenvalue weighted by molar-refractivity contribution is 1.00. The molecule has 1 N–H and O–H groups in total. The van der Waals surface area contributed by atoms with Crippen LogP contribution in [0.1, 0.15) is 5.69 Å². The number of H-pyrrole nitrogens is 1. The number of aromatic amines is 1. The molecule has 0 fully saturated rings. The van der Waals surface area contributed by atoms with Crippen molar-refractivity contribution in [3.8, 4) is 28.2 Å². The fraction of sp³-hybridized carbons (Fsp3) is 0. The number of hydrogen-bond donors (Lipinski definition) is 1. The van der Waals surface area contributed by atoms with E-state index in [0.717, 1.165) is 66.1 Å². The molecule has 0 aliphatic carbocycles. The second-order valence-corrected chi connectivity index (χ2v) is 13.2. The lowest BCUT2D eigenvalue weighted by atomic mass is 9.93. The Kier molecular flexibility index (Phi) is 6.76. The Labute approximate surface area is 300 Å². The topological polar surface area (TPSA) is 46.5 Å². The molecule has 0 spiro atoms. The number of rotatable bonds is 6. The van der Waals surface area contributed by atoms with Crippen LogP contribution in [0.3, 0.4) is 0 Å². The molecular weight excluding hydrogens is 633 g/mol. The van der Waals surface area contributed by atoms with Crippen molar-refractivity contribution in [1.29, 1.82) is 0 Å². The molecule has 52 heavy (non-hydrogen) atoms. The predicted octanol–water partition coefficient (Wildman–Crippen LogP) is 12.6. The molecule has 0 saturated carbocycles. The van der Waals surface area contributed by atoms with Gasteiger partial charge < -0.3 is 4.98 Å². The van der Waals surface area contributed by atoms with Gasteiger partial charge in [-0.3, -0.25) is 4.57 Å². The molecule has 0 bridgehead atoms. The molecule has 0 unspecified atom stereocenters. The van der Waals surface area contributed by atoms with Gasteiger partial charge in [0.2, 0.25) is 5.95 Å². The first-order chi connectivity index (χ1) is 25.7. The number of allylic oxidation sites excluding steroid dienone is 4. The van der Waals surface area contributed by atoms with Crippen molar-refractivity contribution in [2.24, 2.45) is 0 Å². The fourth-order valence-corrected chi connectivity index (χ4v) is 7.86. The second-order valence-electron chi connectivity index (χ2n) is 13.2. The SMILES string of the molecule is C=C/C=C\C(=C)c1nc(-n2c3ccccc3c3cc(-c4cccc(-c5cc6[nH]c7ccccc7c6c6ccccc56)c4)ccc32)nc2ccccc12. The maximum absolute atomic E-state index is 5.15. The van der Waals surface area contributed by atoms with Crippen LogP contribution in [0.15, 0.2) is 177 Å². The summed E-state index contributed by atoms with van der Waals surface area (Å²) < 4.78 is 2.17. The number of hydrogen-bond acceptors (Lipinski definition) is 2. The summed E-state index contributed by atoms with van der Waals surface area (Å²) in [5, 5.41) is 8.28. The van der Waals surface area contributed by atoms with E-state index in [2.05, 4.69) is 150 Å². The first-order valence-electron chi connectivity index (χ1n) is 17.5. The van der Waals surface area contributed by atoms with E-state index in [1.54, 1.807) is 6.08 Å². The van der Waals surface area contributed by atoms with Crippen LogP contribution in [0.5, 0.6) is 0 Å². The quantitative estimate of drug-likeness (QED) is 0.180. The van der Waals surface area contributed by atoms with Gasteiger partial charge in [-0.05, 0) is 81.1 Å². The maximum Gasteiger partial charge on any atom is 0.235 e. The first kappa shape index (κ1) is 29.8. The maximum atomic E-state index is 5.15. The zero-order valence-corrected chi connectivity index (χ0v) is 28.3. The molecule has 244 valence electrons. The van der Waals surface area contributed by atoms with Crippen LogP contribution in [-0.2, 0) is 0 Å². The predicted molar refractivity (Wildman–Crippen MR) is 220 cm³/mol. The second kappa shape index (κ2) is 11.8. The van der Waals surface area contributed by atoms with Crippen molar-refractivity contribution in [1.82, 2.24) is 19.5 Å². The molecule has 0 aliphatic heterocycles. The number of nitrogens with one attached hydrogen (secondary N) is 1. The van der Waals surface area contributed by atoms with Gasteiger partial charge in [-0.2, -0.15) is 0 Å². The molecule has 0 amide bonds. The van der Waals surface area contributed by atoms with Crippen molar-refractivity contribution < 1.29 is 0 Å². The summed E-state index contributed by atoms with van der Waals surface area (Å²) in [5.41, 5.74) is 11.6. The molecule has 10 rings (SSSR count). The monoisotopic (exact) mass is 664 g/mol. The summed E-state index contributed by atoms with van der Waals surface area (Å²) in [4.78, 5) is 13.9. The third kappa shape index (κ3) is 4.62. The minimum absolute atomic E-state index is 0.613. The molecule has 3 aromatic heterocycles. The summed E-state index contributed by atoms with van der Waals surface area (Å²) in [7, 11) is 0. The van der Waals surface area contributed by atoms with Gasteiger partial charge in [0.25, 0.3) is 0 Å². The van der Waals surface area contributed by atoms with Crippen LogP contribution in [-0.4, -0.2) is 19.5 Å². The standard InChI is InChI=1S/C48H32N4/c1-3-4-14-30(2)47-38-21-8-11-23-42(38)50-48(51-47)52-44-24-12-9-18-35(44)40-28-32(25-26-45(40)52)31-15-13-16-33(27-31)39-29-43-46(36-19-6-5-17-34(36)39)37-20-7-10-22-41(37)49-43/h3-29,49H,1-2H2/b14-4-. The molecular formula is C48H32N4. The zero-order valence-electron chi connectivity index (χ0n) is 28.3. The van der Waals surface area contributed by atoms with Gasteiger partial charge in [-0.25, -0.2) is 9.97 Å². The van der Waals surface area contributed by atoms with Crippen molar-refractivity contribution >= 4 is 70.9 Å². The van der Waals surface area contributed by atoms with Crippen LogP contribution in [0.2, 0.25) is 0 Å². The van der Waals surface area contributed by atoms with E-state index in [0.29, 0.717) is 5.95 Å². The van der Waals surface area contributed by atoms with Crippen LogP contribution in [0, 0.1) is 0 Å². The van der Waals surface area contributed by atoms with E-state index in [9.17, 15) is 0 Å². The van der Waals surface area contributed by atoms with Gasteiger partial charge in [-0.15, -0.1) is 0 Å². The highest BCUT2D eigenvalue weighted by atomic mass is 15.2. The van der Waals surface area contributed by atoms with Crippen LogP contribution < -0.4 is 0 Å². The third-order valence-corrected chi connectivity index (χ3v) is 10.2. The molecule has 0 saturated heterocycles. The van der Waals surface area contributed by atoms with Crippen LogP contribution in [0.4, 0.5) is 0 Å². The van der Waals surface area contributed by atoms with Gasteiger partial charge in [0.15, 0.2) is 0 Å². The summed E-state index contributed by atoms with van der Waals surface area (Å²) in [6.45, 7) is 8.17. The van der Waals surface area contributed by atoms with E-state index in [1.807, 2.05) is 30.4 Å². The fourth-order valence-electron chi connectivity index (χ4n) is 7.86. The van der Waals surface area contributed by atoms with E-state index in [1.165, 1.54) is 32.7 Å². The zero-order chi connectivity index (χ0) is 34.8. The number of nitrogens with zero attached hydrogens (tertiary/aromatic N) is 3. The van der Waals surface area contributed by atoms with Crippen molar-refractivity contribution in [3.05, 3.63) is 183 Å². The number of para-hydroxylation sites is 3. The van der Waals surface area contributed by atoms with E-state index >= 15 is 0 Å². The Balaban J connectivity index is 1.14. The molecule has 0 radical (unpaired) electrons. The summed E-state index contributed by atoms with van der Waals surface area (Å²) >= 11 is 0. The lowest BCUT2D eigenvalue weighted by Crippen LogP contribution is -2.04. The van der Waals surface area contributed by atoms with E-state index in [4.69, 9.17) is 9.97 Å². The Hall–Kier alpha value is -7.04. The molecule has 4 heteroatoms. The Morgan fingerprint density at radius 1 is 0.558 bits per heavy atom. The minimum atomic E-state index is 0.613. The molecule has 7 aromatic carbocycles. The van der Waals surface area contributed by atoms with E-state index < -0.39 is 0 Å². The lowest BCUT2D eigenvalue weighted by Gasteiger charge is -2.12. The normalized spacial score (nSPS) is 11.9.